The second-order valence-corrected chi connectivity index (χ2v) is 6.61. The van der Waals surface area contributed by atoms with Gasteiger partial charge in [-0.1, -0.05) is 26.7 Å². The Bertz CT molecular complexity index is 658. The van der Waals surface area contributed by atoms with Gasteiger partial charge in [0.25, 0.3) is 5.91 Å². The number of carbonyl (C=O) groups is 1. The van der Waals surface area contributed by atoms with Gasteiger partial charge in [0, 0.05) is 13.6 Å². The van der Waals surface area contributed by atoms with Gasteiger partial charge in [-0.15, -0.1) is 0 Å². The molecule has 0 radical (unpaired) electrons. The van der Waals surface area contributed by atoms with E-state index < -0.39 is 0 Å². The Balaban J connectivity index is 1.91. The Labute approximate surface area is 137 Å². The van der Waals surface area contributed by atoms with Crippen molar-refractivity contribution in [1.82, 2.24) is 14.7 Å². The first-order valence-electron chi connectivity index (χ1n) is 8.46. The minimum Gasteiger partial charge on any atom is -0.467 e. The van der Waals surface area contributed by atoms with Crippen molar-refractivity contribution in [3.8, 4) is 0 Å². The first-order valence-corrected chi connectivity index (χ1v) is 8.46. The highest BCUT2D eigenvalue weighted by molar-refractivity contribution is 5.93. The summed E-state index contributed by atoms with van der Waals surface area (Å²) in [7, 11) is 1.85. The maximum Gasteiger partial charge on any atom is 0.272 e. The molecule has 0 N–H and O–H groups in total. The van der Waals surface area contributed by atoms with Gasteiger partial charge in [0.15, 0.2) is 0 Å². The first kappa shape index (κ1) is 15.8. The molecule has 3 heterocycles. The fourth-order valence-corrected chi connectivity index (χ4v) is 3.25. The van der Waals surface area contributed by atoms with E-state index >= 15 is 0 Å². The standard InChI is InChI=1S/C18H25N3O2/c1-13(2)14-12-16(20(3)19-14)18(22)21-10-6-4-5-8-15(21)17-9-7-11-23-17/h7,9,11-13,15H,4-6,8,10H2,1-3H3/t15-/m0/s1. The van der Waals surface area contributed by atoms with Gasteiger partial charge in [0.05, 0.1) is 18.0 Å². The third-order valence-corrected chi connectivity index (χ3v) is 4.59. The summed E-state index contributed by atoms with van der Waals surface area (Å²) in [6, 6.07) is 5.82. The van der Waals surface area contributed by atoms with Crippen LogP contribution in [0, 0.1) is 0 Å². The maximum absolute atomic E-state index is 13.1. The number of likely N-dealkylation sites (tertiary alicyclic amines) is 1. The first-order chi connectivity index (χ1) is 11.1. The molecule has 1 aliphatic heterocycles. The number of hydrogen-bond acceptors (Lipinski definition) is 3. The van der Waals surface area contributed by atoms with E-state index in [0.29, 0.717) is 11.6 Å². The van der Waals surface area contributed by atoms with Crippen molar-refractivity contribution >= 4 is 5.91 Å². The molecule has 23 heavy (non-hydrogen) atoms. The highest BCUT2D eigenvalue weighted by atomic mass is 16.3. The molecule has 1 fully saturated rings. The van der Waals surface area contributed by atoms with Crippen molar-refractivity contribution in [2.24, 2.45) is 7.05 Å². The molecule has 0 aliphatic carbocycles. The molecule has 1 saturated heterocycles. The molecular weight excluding hydrogens is 290 g/mol. The number of hydrogen-bond donors (Lipinski definition) is 0. The van der Waals surface area contributed by atoms with Crippen LogP contribution < -0.4 is 0 Å². The number of amides is 1. The van der Waals surface area contributed by atoms with Crippen LogP contribution in [0.25, 0.3) is 0 Å². The highest BCUT2D eigenvalue weighted by Gasteiger charge is 2.31. The minimum atomic E-state index is 0.0254. The van der Waals surface area contributed by atoms with E-state index in [4.69, 9.17) is 4.42 Å². The lowest BCUT2D eigenvalue weighted by atomic mass is 10.1. The molecule has 124 valence electrons. The third-order valence-electron chi connectivity index (χ3n) is 4.59. The summed E-state index contributed by atoms with van der Waals surface area (Å²) in [5, 5.41) is 4.48. The summed E-state index contributed by atoms with van der Waals surface area (Å²) in [6.45, 7) is 4.95. The van der Waals surface area contributed by atoms with Gasteiger partial charge >= 0.3 is 0 Å². The van der Waals surface area contributed by atoms with Crippen LogP contribution in [0.2, 0.25) is 0 Å². The van der Waals surface area contributed by atoms with Crippen molar-refractivity contribution in [1.29, 1.82) is 0 Å². The molecule has 0 spiro atoms. The van der Waals surface area contributed by atoms with Crippen LogP contribution in [0.1, 0.15) is 73.4 Å². The smallest absolute Gasteiger partial charge is 0.272 e. The Kier molecular flexibility index (Phi) is 4.55. The molecule has 2 aromatic rings. The van der Waals surface area contributed by atoms with Crippen LogP contribution in [-0.2, 0) is 7.05 Å². The molecular formula is C18H25N3O2. The van der Waals surface area contributed by atoms with Crippen LogP contribution in [0.5, 0.6) is 0 Å². The topological polar surface area (TPSA) is 51.3 Å². The van der Waals surface area contributed by atoms with Crippen LogP contribution in [0.3, 0.4) is 0 Å². The van der Waals surface area contributed by atoms with E-state index in [-0.39, 0.29) is 11.9 Å². The Morgan fingerprint density at radius 2 is 2.17 bits per heavy atom. The number of aryl methyl sites for hydroxylation is 1. The number of furan rings is 1. The fourth-order valence-electron chi connectivity index (χ4n) is 3.25. The molecule has 1 aliphatic rings. The predicted octanol–water partition coefficient (Wildman–Crippen LogP) is 3.89. The molecule has 3 rings (SSSR count). The van der Waals surface area contributed by atoms with Crippen molar-refractivity contribution in [2.75, 3.05) is 6.54 Å². The molecule has 5 nitrogen and oxygen atoms in total. The molecule has 1 atom stereocenters. The third kappa shape index (κ3) is 3.19. The zero-order valence-corrected chi connectivity index (χ0v) is 14.2. The molecule has 2 aromatic heterocycles. The van der Waals surface area contributed by atoms with Crippen LogP contribution in [0.15, 0.2) is 28.9 Å². The van der Waals surface area contributed by atoms with Crippen LogP contribution in [0.4, 0.5) is 0 Å². The van der Waals surface area contributed by atoms with E-state index in [1.165, 1.54) is 0 Å². The number of aromatic nitrogens is 2. The quantitative estimate of drug-likeness (QED) is 0.863. The summed E-state index contributed by atoms with van der Waals surface area (Å²) in [4.78, 5) is 15.1. The molecule has 0 aromatic carbocycles. The average Bonchev–Trinajstić information content (AvgIpc) is 3.11. The number of nitrogens with zero attached hydrogens (tertiary/aromatic N) is 3. The molecule has 0 bridgehead atoms. The van der Waals surface area contributed by atoms with Gasteiger partial charge in [-0.2, -0.15) is 5.10 Å². The van der Waals surface area contributed by atoms with E-state index in [1.807, 2.05) is 30.1 Å². The summed E-state index contributed by atoms with van der Waals surface area (Å²) in [5.41, 5.74) is 1.62. The highest BCUT2D eigenvalue weighted by Crippen LogP contribution is 2.31. The van der Waals surface area contributed by atoms with Crippen molar-refractivity contribution in [2.45, 2.75) is 51.5 Å². The molecule has 1 amide bonds. The van der Waals surface area contributed by atoms with Crippen molar-refractivity contribution in [3.05, 3.63) is 41.6 Å². The van der Waals surface area contributed by atoms with Crippen LogP contribution in [-0.4, -0.2) is 27.1 Å². The lowest BCUT2D eigenvalue weighted by molar-refractivity contribution is 0.0647. The molecule has 0 saturated carbocycles. The Hall–Kier alpha value is -2.04. The largest absolute Gasteiger partial charge is 0.467 e. The maximum atomic E-state index is 13.1. The van der Waals surface area contributed by atoms with E-state index in [2.05, 4.69) is 18.9 Å². The average molecular weight is 315 g/mol. The van der Waals surface area contributed by atoms with E-state index in [1.54, 1.807) is 10.9 Å². The minimum absolute atomic E-state index is 0.0254. The monoisotopic (exact) mass is 315 g/mol. The van der Waals surface area contributed by atoms with Gasteiger partial charge in [-0.3, -0.25) is 9.48 Å². The van der Waals surface area contributed by atoms with Gasteiger partial charge in [-0.05, 0) is 37.0 Å². The summed E-state index contributed by atoms with van der Waals surface area (Å²) >= 11 is 0. The zero-order chi connectivity index (χ0) is 16.4. The summed E-state index contributed by atoms with van der Waals surface area (Å²) in [5.74, 6) is 1.24. The van der Waals surface area contributed by atoms with E-state index in [9.17, 15) is 4.79 Å². The molecule has 5 heteroatoms. The summed E-state index contributed by atoms with van der Waals surface area (Å²) in [6.07, 6.45) is 5.96. The Morgan fingerprint density at radius 3 is 2.83 bits per heavy atom. The fraction of sp³-hybridized carbons (Fsp3) is 0.556. The van der Waals surface area contributed by atoms with Gasteiger partial charge in [0.2, 0.25) is 0 Å². The van der Waals surface area contributed by atoms with E-state index in [0.717, 1.165) is 43.7 Å². The lowest BCUT2D eigenvalue weighted by Gasteiger charge is -2.28. The van der Waals surface area contributed by atoms with Gasteiger partial charge in [-0.25, -0.2) is 0 Å². The second-order valence-electron chi connectivity index (χ2n) is 6.61. The Morgan fingerprint density at radius 1 is 1.35 bits per heavy atom. The van der Waals surface area contributed by atoms with Gasteiger partial charge in [0.1, 0.15) is 11.5 Å². The SMILES string of the molecule is CC(C)c1cc(C(=O)N2CCCCC[C@H]2c2ccco2)n(C)n1. The number of rotatable bonds is 3. The predicted molar refractivity (Wildman–Crippen MR) is 88.3 cm³/mol. The molecule has 0 unspecified atom stereocenters. The van der Waals surface area contributed by atoms with Crippen LogP contribution >= 0.6 is 0 Å². The van der Waals surface area contributed by atoms with Gasteiger partial charge < -0.3 is 9.32 Å². The van der Waals surface area contributed by atoms with Crippen molar-refractivity contribution < 1.29 is 9.21 Å². The lowest BCUT2D eigenvalue weighted by Crippen LogP contribution is -2.35. The second kappa shape index (κ2) is 6.60. The van der Waals surface area contributed by atoms with Crippen molar-refractivity contribution in [3.63, 3.8) is 0 Å². The normalized spacial score (nSPS) is 19.1. The zero-order valence-electron chi connectivity index (χ0n) is 14.2. The number of carbonyl (C=O) groups excluding carboxylic acids is 1. The summed E-state index contributed by atoms with van der Waals surface area (Å²) < 4.78 is 7.31.